The number of hydrogen-bond acceptors (Lipinski definition) is 3. The van der Waals surface area contributed by atoms with Gasteiger partial charge in [-0.25, -0.2) is 0 Å². The largest absolute Gasteiger partial charge is 0.466 e. The van der Waals surface area contributed by atoms with Gasteiger partial charge in [-0.05, 0) is 30.9 Å². The van der Waals surface area contributed by atoms with E-state index in [-0.39, 0.29) is 6.79 Å². The van der Waals surface area contributed by atoms with Crippen molar-refractivity contribution in [2.45, 2.75) is 12.8 Å². The molecular formula is C12H13NO2. The molecule has 1 aromatic carbocycles. The summed E-state index contributed by atoms with van der Waals surface area (Å²) in [5.74, 6) is 1.33. The first kappa shape index (κ1) is 10.0. The van der Waals surface area contributed by atoms with Crippen LogP contribution < -0.4 is 4.74 Å². The van der Waals surface area contributed by atoms with Gasteiger partial charge >= 0.3 is 0 Å². The maximum atomic E-state index is 8.80. The fourth-order valence-corrected chi connectivity index (χ4v) is 1.29. The molecule has 78 valence electrons. The van der Waals surface area contributed by atoms with Gasteiger partial charge in [0.1, 0.15) is 11.8 Å². The van der Waals surface area contributed by atoms with Crippen LogP contribution in [0.25, 0.3) is 0 Å². The van der Waals surface area contributed by atoms with E-state index < -0.39 is 0 Å². The van der Waals surface area contributed by atoms with Gasteiger partial charge in [0, 0.05) is 0 Å². The van der Waals surface area contributed by atoms with E-state index in [4.69, 9.17) is 14.7 Å². The van der Waals surface area contributed by atoms with Crippen LogP contribution in [0.15, 0.2) is 24.3 Å². The molecule has 0 spiro atoms. The molecule has 2 rings (SSSR count). The Morgan fingerprint density at radius 1 is 1.33 bits per heavy atom. The summed E-state index contributed by atoms with van der Waals surface area (Å²) in [5, 5.41) is 8.80. The number of nitriles is 1. The Kier molecular flexibility index (Phi) is 3.21. The summed E-state index contributed by atoms with van der Waals surface area (Å²) < 4.78 is 10.7. The van der Waals surface area contributed by atoms with E-state index in [1.165, 1.54) is 12.8 Å². The highest BCUT2D eigenvalue weighted by Gasteiger charge is 2.21. The van der Waals surface area contributed by atoms with Gasteiger partial charge in [0.05, 0.1) is 12.2 Å². The van der Waals surface area contributed by atoms with Gasteiger partial charge in [-0.2, -0.15) is 5.26 Å². The normalized spacial score (nSPS) is 14.6. The molecular weight excluding hydrogens is 190 g/mol. The summed E-state index contributed by atoms with van der Waals surface area (Å²) in [5.41, 5.74) is 0.549. The molecule has 0 saturated heterocycles. The Balaban J connectivity index is 1.79. The van der Waals surface area contributed by atoms with E-state index in [9.17, 15) is 0 Å². The lowest BCUT2D eigenvalue weighted by Crippen LogP contribution is -2.05. The lowest BCUT2D eigenvalue weighted by molar-refractivity contribution is 0.00982. The summed E-state index contributed by atoms with van der Waals surface area (Å²) >= 11 is 0. The van der Waals surface area contributed by atoms with Crippen molar-refractivity contribution in [1.82, 2.24) is 0 Å². The van der Waals surface area contributed by atoms with E-state index in [1.807, 2.05) is 12.1 Å². The number of rotatable bonds is 5. The van der Waals surface area contributed by atoms with Gasteiger partial charge in [-0.3, -0.25) is 0 Å². The van der Waals surface area contributed by atoms with Gasteiger partial charge in [-0.15, -0.1) is 0 Å². The van der Waals surface area contributed by atoms with Crippen LogP contribution in [0.1, 0.15) is 18.4 Å². The molecule has 0 amide bonds. The highest BCUT2D eigenvalue weighted by molar-refractivity contribution is 5.42. The highest BCUT2D eigenvalue weighted by atomic mass is 16.7. The second-order valence-corrected chi connectivity index (χ2v) is 3.68. The summed E-state index contributed by atoms with van der Waals surface area (Å²) in [4.78, 5) is 0. The molecule has 0 N–H and O–H groups in total. The zero-order valence-corrected chi connectivity index (χ0v) is 8.48. The van der Waals surface area contributed by atoms with Crippen LogP contribution in [-0.4, -0.2) is 13.4 Å². The summed E-state index contributed by atoms with van der Waals surface area (Å²) in [7, 11) is 0. The quantitative estimate of drug-likeness (QED) is 0.544. The highest BCUT2D eigenvalue weighted by Crippen LogP contribution is 2.28. The van der Waals surface area contributed by atoms with E-state index in [2.05, 4.69) is 6.07 Å². The summed E-state index contributed by atoms with van der Waals surface area (Å²) in [6, 6.07) is 9.25. The minimum atomic E-state index is 0.231. The van der Waals surface area contributed by atoms with Crippen LogP contribution in [0.2, 0.25) is 0 Å². The molecule has 0 bridgehead atoms. The first-order chi connectivity index (χ1) is 7.40. The molecule has 1 aromatic rings. The first-order valence-electron chi connectivity index (χ1n) is 5.10. The molecule has 0 radical (unpaired) electrons. The van der Waals surface area contributed by atoms with E-state index in [1.54, 1.807) is 12.1 Å². The molecule has 3 heteroatoms. The van der Waals surface area contributed by atoms with E-state index in [0.29, 0.717) is 11.3 Å². The number of ether oxygens (including phenoxy) is 2. The average molecular weight is 203 g/mol. The maximum Gasteiger partial charge on any atom is 0.189 e. The molecule has 1 aliphatic rings. The van der Waals surface area contributed by atoms with Crippen LogP contribution >= 0.6 is 0 Å². The van der Waals surface area contributed by atoms with Gasteiger partial charge in [-0.1, -0.05) is 12.1 Å². The zero-order chi connectivity index (χ0) is 10.5. The molecule has 0 aliphatic heterocycles. The smallest absolute Gasteiger partial charge is 0.189 e. The van der Waals surface area contributed by atoms with Crippen LogP contribution in [0.3, 0.4) is 0 Å². The maximum absolute atomic E-state index is 8.80. The number of nitrogens with zero attached hydrogens (tertiary/aromatic N) is 1. The van der Waals surface area contributed by atoms with Crippen LogP contribution in [0.5, 0.6) is 5.75 Å². The first-order valence-corrected chi connectivity index (χ1v) is 5.10. The standard InChI is InChI=1S/C12H13NO2/c13-7-11-3-1-2-4-12(11)15-9-14-8-10-5-6-10/h1-4,10H,5-6,8-9H2. The Bertz CT molecular complexity index is 366. The van der Waals surface area contributed by atoms with Crippen molar-refractivity contribution in [2.75, 3.05) is 13.4 Å². The van der Waals surface area contributed by atoms with Crippen LogP contribution in [0, 0.1) is 17.2 Å². The van der Waals surface area contributed by atoms with Crippen LogP contribution in [0.4, 0.5) is 0 Å². The Labute approximate surface area is 89.2 Å². The van der Waals surface area contributed by atoms with Gasteiger partial charge in [0.25, 0.3) is 0 Å². The monoisotopic (exact) mass is 203 g/mol. The van der Waals surface area contributed by atoms with Crippen molar-refractivity contribution in [2.24, 2.45) is 5.92 Å². The van der Waals surface area contributed by atoms with Gasteiger partial charge in [0.15, 0.2) is 6.79 Å². The fourth-order valence-electron chi connectivity index (χ4n) is 1.29. The van der Waals surface area contributed by atoms with Gasteiger partial charge < -0.3 is 9.47 Å². The third kappa shape index (κ3) is 2.97. The minimum Gasteiger partial charge on any atom is -0.466 e. The van der Waals surface area contributed by atoms with Gasteiger partial charge in [0.2, 0.25) is 0 Å². The van der Waals surface area contributed by atoms with Crippen molar-refractivity contribution in [3.63, 3.8) is 0 Å². The Morgan fingerprint density at radius 3 is 2.87 bits per heavy atom. The van der Waals surface area contributed by atoms with Crippen molar-refractivity contribution in [3.8, 4) is 11.8 Å². The van der Waals surface area contributed by atoms with E-state index in [0.717, 1.165) is 12.5 Å². The molecule has 1 saturated carbocycles. The fraction of sp³-hybridized carbons (Fsp3) is 0.417. The molecule has 1 fully saturated rings. The minimum absolute atomic E-state index is 0.231. The molecule has 15 heavy (non-hydrogen) atoms. The second kappa shape index (κ2) is 4.81. The third-order valence-corrected chi connectivity index (χ3v) is 2.36. The van der Waals surface area contributed by atoms with Crippen molar-refractivity contribution < 1.29 is 9.47 Å². The molecule has 3 nitrogen and oxygen atoms in total. The lowest BCUT2D eigenvalue weighted by atomic mass is 10.2. The second-order valence-electron chi connectivity index (χ2n) is 3.68. The number of para-hydroxylation sites is 1. The number of hydrogen-bond donors (Lipinski definition) is 0. The van der Waals surface area contributed by atoms with Crippen molar-refractivity contribution >= 4 is 0 Å². The Morgan fingerprint density at radius 2 is 2.13 bits per heavy atom. The third-order valence-electron chi connectivity index (χ3n) is 2.36. The molecule has 0 unspecified atom stereocenters. The molecule has 0 aromatic heterocycles. The SMILES string of the molecule is N#Cc1ccccc1OCOCC1CC1. The molecule has 0 heterocycles. The zero-order valence-electron chi connectivity index (χ0n) is 8.48. The van der Waals surface area contributed by atoms with Crippen LogP contribution in [-0.2, 0) is 4.74 Å². The number of benzene rings is 1. The molecule has 1 aliphatic carbocycles. The summed E-state index contributed by atoms with van der Waals surface area (Å²) in [6.45, 7) is 1.00. The predicted octanol–water partition coefficient (Wildman–Crippen LogP) is 2.32. The summed E-state index contributed by atoms with van der Waals surface area (Å²) in [6.07, 6.45) is 2.55. The predicted molar refractivity (Wildman–Crippen MR) is 55.3 cm³/mol. The van der Waals surface area contributed by atoms with E-state index >= 15 is 0 Å². The van der Waals surface area contributed by atoms with Crippen molar-refractivity contribution in [1.29, 1.82) is 5.26 Å². The Hall–Kier alpha value is -1.53. The lowest BCUT2D eigenvalue weighted by Gasteiger charge is -2.07. The van der Waals surface area contributed by atoms with Crippen molar-refractivity contribution in [3.05, 3.63) is 29.8 Å². The topological polar surface area (TPSA) is 42.2 Å². The average Bonchev–Trinajstić information content (AvgIpc) is 3.09. The molecule has 0 atom stereocenters.